The highest BCUT2D eigenvalue weighted by atomic mass is 127. The van der Waals surface area contributed by atoms with E-state index in [-0.39, 0.29) is 11.4 Å². The number of amides is 1. The van der Waals surface area contributed by atoms with Gasteiger partial charge < -0.3 is 5.32 Å². The van der Waals surface area contributed by atoms with Crippen LogP contribution in [0.5, 0.6) is 0 Å². The van der Waals surface area contributed by atoms with Crippen LogP contribution < -0.4 is 5.32 Å². The van der Waals surface area contributed by atoms with Crippen molar-refractivity contribution in [3.63, 3.8) is 0 Å². The van der Waals surface area contributed by atoms with E-state index in [1.54, 1.807) is 12.1 Å². The van der Waals surface area contributed by atoms with Gasteiger partial charge in [0, 0.05) is 19.5 Å². The highest BCUT2D eigenvalue weighted by Gasteiger charge is 2.24. The number of hydrogen-bond acceptors (Lipinski definition) is 1. The fourth-order valence-electron chi connectivity index (χ4n) is 1.23. The summed E-state index contributed by atoms with van der Waals surface area (Å²) in [7, 11) is 0. The van der Waals surface area contributed by atoms with Crippen LogP contribution in [0.2, 0.25) is 5.02 Å². The number of carbonyl (C=O) groups is 1. The minimum atomic E-state index is -0.234. The Hall–Kier alpha value is 0.190. The van der Waals surface area contributed by atoms with Crippen molar-refractivity contribution in [1.82, 2.24) is 5.32 Å². The molecule has 2 nitrogen and oxygen atoms in total. The van der Waals surface area contributed by atoms with Crippen molar-refractivity contribution in [3.8, 4) is 0 Å². The molecule has 0 aliphatic heterocycles. The Labute approximate surface area is 129 Å². The zero-order chi connectivity index (χ0) is 13.1. The molecule has 1 rings (SSSR count). The van der Waals surface area contributed by atoms with Crippen molar-refractivity contribution < 1.29 is 4.79 Å². The lowest BCUT2D eigenvalue weighted by Gasteiger charge is -2.27. The van der Waals surface area contributed by atoms with Crippen LogP contribution in [0.25, 0.3) is 0 Å². The lowest BCUT2D eigenvalue weighted by atomic mass is 10.0. The van der Waals surface area contributed by atoms with Gasteiger partial charge in [-0.1, -0.05) is 34.5 Å². The summed E-state index contributed by atoms with van der Waals surface area (Å²) in [5.74, 6) is -0.0827. The largest absolute Gasteiger partial charge is 0.346 e. The molecule has 1 amide bonds. The molecule has 1 unspecified atom stereocenters. The topological polar surface area (TPSA) is 29.1 Å². The summed E-state index contributed by atoms with van der Waals surface area (Å²) in [5.41, 5.74) is 0.390. The van der Waals surface area contributed by atoms with Gasteiger partial charge in [-0.05, 0) is 54.1 Å². The van der Waals surface area contributed by atoms with E-state index in [2.05, 4.69) is 43.8 Å². The van der Waals surface area contributed by atoms with E-state index >= 15 is 0 Å². The van der Waals surface area contributed by atoms with Crippen molar-refractivity contribution in [1.29, 1.82) is 0 Å². The first-order valence-corrected chi connectivity index (χ1v) is 7.83. The Morgan fingerprint density at radius 3 is 2.76 bits per heavy atom. The van der Waals surface area contributed by atoms with E-state index in [9.17, 15) is 4.79 Å². The third kappa shape index (κ3) is 4.10. The van der Waals surface area contributed by atoms with Crippen molar-refractivity contribution in [3.05, 3.63) is 32.4 Å². The fraction of sp³-hybridized carbons (Fsp3) is 0.417. The monoisotopic (exact) mass is 429 g/mol. The highest BCUT2D eigenvalue weighted by molar-refractivity contribution is 14.1. The number of carbonyl (C=O) groups excluding carboxylic acids is 1. The second kappa shape index (κ2) is 6.38. The SMILES string of the molecule is CCC(C)(CBr)NC(=O)c1cc(Cl)ccc1I. The van der Waals surface area contributed by atoms with Gasteiger partial charge in [0.15, 0.2) is 0 Å². The number of benzene rings is 1. The Bertz CT molecular complexity index is 421. The molecule has 0 saturated carbocycles. The molecular formula is C12H14BrClINO. The van der Waals surface area contributed by atoms with Crippen LogP contribution in [-0.4, -0.2) is 16.8 Å². The third-order valence-corrected chi connectivity index (χ3v) is 5.08. The van der Waals surface area contributed by atoms with Crippen LogP contribution in [0.15, 0.2) is 18.2 Å². The minimum absolute atomic E-state index is 0.0827. The first-order valence-electron chi connectivity index (χ1n) is 5.25. The minimum Gasteiger partial charge on any atom is -0.346 e. The maximum Gasteiger partial charge on any atom is 0.252 e. The van der Waals surface area contributed by atoms with Gasteiger partial charge in [-0.3, -0.25) is 4.79 Å². The second-order valence-electron chi connectivity index (χ2n) is 4.13. The zero-order valence-corrected chi connectivity index (χ0v) is 14.2. The van der Waals surface area contributed by atoms with Crippen molar-refractivity contribution in [2.45, 2.75) is 25.8 Å². The molecule has 1 atom stereocenters. The third-order valence-electron chi connectivity index (χ3n) is 2.66. The smallest absolute Gasteiger partial charge is 0.252 e. The molecule has 0 saturated heterocycles. The molecule has 0 heterocycles. The Balaban J connectivity index is 2.94. The first kappa shape index (κ1) is 15.2. The van der Waals surface area contributed by atoms with E-state index < -0.39 is 0 Å². The standard InChI is InChI=1S/C12H14BrClINO/c1-3-12(2,7-13)16-11(17)9-6-8(14)4-5-10(9)15/h4-6H,3,7H2,1-2H3,(H,16,17). The summed E-state index contributed by atoms with van der Waals surface area (Å²) >= 11 is 11.5. The summed E-state index contributed by atoms with van der Waals surface area (Å²) in [6.07, 6.45) is 0.862. The Kier molecular flexibility index (Phi) is 5.73. The highest BCUT2D eigenvalue weighted by Crippen LogP contribution is 2.20. The molecule has 0 radical (unpaired) electrons. The maximum atomic E-state index is 12.2. The van der Waals surface area contributed by atoms with Crippen molar-refractivity contribution >= 4 is 56.0 Å². The molecule has 0 fully saturated rings. The average molecular weight is 431 g/mol. The summed E-state index contributed by atoms with van der Waals surface area (Å²) in [4.78, 5) is 12.2. The molecule has 5 heteroatoms. The van der Waals surface area contributed by atoms with Crippen molar-refractivity contribution in [2.24, 2.45) is 0 Å². The molecule has 0 bridgehead atoms. The normalized spacial score (nSPS) is 14.2. The predicted molar refractivity (Wildman–Crippen MR) is 84.1 cm³/mol. The summed E-state index contributed by atoms with van der Waals surface area (Å²) in [5, 5.41) is 4.33. The number of hydrogen-bond donors (Lipinski definition) is 1. The van der Waals surface area contributed by atoms with E-state index in [0.717, 1.165) is 15.3 Å². The number of alkyl halides is 1. The van der Waals surface area contributed by atoms with E-state index in [0.29, 0.717) is 10.6 Å². The molecule has 0 aliphatic rings. The van der Waals surface area contributed by atoms with Gasteiger partial charge in [-0.2, -0.15) is 0 Å². The van der Waals surface area contributed by atoms with Gasteiger partial charge in [0.1, 0.15) is 0 Å². The number of halogens is 3. The molecule has 1 aromatic rings. The molecule has 0 spiro atoms. The van der Waals surface area contributed by atoms with Gasteiger partial charge in [-0.25, -0.2) is 0 Å². The predicted octanol–water partition coefficient (Wildman–Crippen LogP) is 4.24. The van der Waals surface area contributed by atoms with Gasteiger partial charge in [0.25, 0.3) is 5.91 Å². The first-order chi connectivity index (χ1) is 7.91. The Morgan fingerprint density at radius 1 is 1.59 bits per heavy atom. The molecule has 17 heavy (non-hydrogen) atoms. The molecule has 0 aliphatic carbocycles. The van der Waals surface area contributed by atoms with Crippen LogP contribution in [0.1, 0.15) is 30.6 Å². The maximum absolute atomic E-state index is 12.2. The van der Waals surface area contributed by atoms with Gasteiger partial charge in [0.2, 0.25) is 0 Å². The van der Waals surface area contributed by atoms with Crippen LogP contribution in [-0.2, 0) is 0 Å². The molecule has 1 N–H and O–H groups in total. The quantitative estimate of drug-likeness (QED) is 0.562. The lowest BCUT2D eigenvalue weighted by molar-refractivity contribution is 0.0912. The lowest BCUT2D eigenvalue weighted by Crippen LogP contribution is -2.47. The van der Waals surface area contributed by atoms with E-state index in [4.69, 9.17) is 11.6 Å². The van der Waals surface area contributed by atoms with Gasteiger partial charge >= 0.3 is 0 Å². The molecule has 94 valence electrons. The summed E-state index contributed by atoms with van der Waals surface area (Å²) in [6.45, 7) is 4.06. The van der Waals surface area contributed by atoms with E-state index in [1.165, 1.54) is 0 Å². The Morgan fingerprint density at radius 2 is 2.24 bits per heavy atom. The number of rotatable bonds is 4. The van der Waals surface area contributed by atoms with Crippen molar-refractivity contribution in [2.75, 3.05) is 5.33 Å². The van der Waals surface area contributed by atoms with E-state index in [1.807, 2.05) is 19.9 Å². The molecule has 1 aromatic carbocycles. The molecular weight excluding hydrogens is 416 g/mol. The van der Waals surface area contributed by atoms with Crippen LogP contribution in [0, 0.1) is 3.57 Å². The van der Waals surface area contributed by atoms with Crippen LogP contribution >= 0.6 is 50.1 Å². The number of nitrogens with one attached hydrogen (secondary N) is 1. The van der Waals surface area contributed by atoms with Gasteiger partial charge in [-0.15, -0.1) is 0 Å². The average Bonchev–Trinajstić information content (AvgIpc) is 2.32. The second-order valence-corrected chi connectivity index (χ2v) is 6.29. The molecule has 0 aromatic heterocycles. The van der Waals surface area contributed by atoms with Gasteiger partial charge in [0.05, 0.1) is 5.56 Å². The fourth-order valence-corrected chi connectivity index (χ4v) is 2.52. The van der Waals surface area contributed by atoms with Crippen LogP contribution in [0.4, 0.5) is 0 Å². The zero-order valence-electron chi connectivity index (χ0n) is 9.69. The summed E-state index contributed by atoms with van der Waals surface area (Å²) in [6, 6.07) is 5.32. The van der Waals surface area contributed by atoms with Crippen LogP contribution in [0.3, 0.4) is 0 Å². The summed E-state index contributed by atoms with van der Waals surface area (Å²) < 4.78 is 0.900.